The van der Waals surface area contributed by atoms with Crippen molar-refractivity contribution in [2.75, 3.05) is 6.61 Å². The summed E-state index contributed by atoms with van der Waals surface area (Å²) >= 11 is 6.31. The van der Waals surface area contributed by atoms with Crippen LogP contribution in [0.2, 0.25) is 5.02 Å². The second kappa shape index (κ2) is 5.89. The molecule has 120 valence electrons. The summed E-state index contributed by atoms with van der Waals surface area (Å²) in [6, 6.07) is 15.8. The van der Waals surface area contributed by atoms with Gasteiger partial charge in [-0.1, -0.05) is 41.9 Å². The molecule has 0 saturated heterocycles. The van der Waals surface area contributed by atoms with Crippen molar-refractivity contribution in [3.05, 3.63) is 82.9 Å². The smallest absolute Gasteiger partial charge is 0.155 e. The number of imidazole rings is 1. The molecule has 0 radical (unpaired) electrons. The quantitative estimate of drug-likeness (QED) is 0.794. The number of aromatic nitrogens is 2. The number of aliphatic hydroxyl groups excluding tert-OH is 1. The maximum Gasteiger partial charge on any atom is 0.155 e. The van der Waals surface area contributed by atoms with Gasteiger partial charge >= 0.3 is 0 Å². The Labute approximate surface area is 145 Å². The monoisotopic (exact) mass is 337 g/mol. The summed E-state index contributed by atoms with van der Waals surface area (Å²) in [5.41, 5.74) is 2.26. The molecule has 0 fully saturated rings. The highest BCUT2D eigenvalue weighted by molar-refractivity contribution is 6.30. The fourth-order valence-electron chi connectivity index (χ4n) is 3.35. The van der Waals surface area contributed by atoms with Gasteiger partial charge in [-0.05, 0) is 23.8 Å². The summed E-state index contributed by atoms with van der Waals surface area (Å²) < 4.78 is 2.00. The lowest BCUT2D eigenvalue weighted by atomic mass is 9.80. The molecule has 0 aliphatic carbocycles. The molecule has 4 nitrogen and oxygen atoms in total. The van der Waals surface area contributed by atoms with Crippen molar-refractivity contribution in [3.8, 4) is 5.69 Å². The van der Waals surface area contributed by atoms with Crippen molar-refractivity contribution < 1.29 is 5.11 Å². The topological polar surface area (TPSA) is 50.4 Å². The molecule has 0 saturated carbocycles. The zero-order valence-electron chi connectivity index (χ0n) is 12.9. The van der Waals surface area contributed by atoms with Crippen LogP contribution in [-0.4, -0.2) is 27.5 Å². The standard InChI is InChI=1S/C19H16ClN3O/c20-15-6-7-17-16(12-15)19(8-11-24,14-4-2-1-3-5-14)22-13-18-21-9-10-23(17)18/h1-7,9-10,12-13,24H,8,11H2. The van der Waals surface area contributed by atoms with Gasteiger partial charge in [0.15, 0.2) is 5.82 Å². The van der Waals surface area contributed by atoms with E-state index >= 15 is 0 Å². The van der Waals surface area contributed by atoms with E-state index in [2.05, 4.69) is 4.98 Å². The van der Waals surface area contributed by atoms with Gasteiger partial charge in [0.1, 0.15) is 5.54 Å². The lowest BCUT2D eigenvalue weighted by Crippen LogP contribution is -2.27. The van der Waals surface area contributed by atoms with E-state index in [-0.39, 0.29) is 6.61 Å². The molecule has 3 aromatic rings. The molecule has 0 bridgehead atoms. The van der Waals surface area contributed by atoms with Crippen LogP contribution in [0.4, 0.5) is 0 Å². The zero-order valence-corrected chi connectivity index (χ0v) is 13.7. The molecule has 4 rings (SSSR count). The molecule has 2 aromatic carbocycles. The van der Waals surface area contributed by atoms with Gasteiger partial charge in [-0.15, -0.1) is 0 Å². The predicted molar refractivity (Wildman–Crippen MR) is 95.1 cm³/mol. The predicted octanol–water partition coefficient (Wildman–Crippen LogP) is 3.58. The van der Waals surface area contributed by atoms with E-state index in [4.69, 9.17) is 16.6 Å². The number of halogens is 1. The molecule has 24 heavy (non-hydrogen) atoms. The van der Waals surface area contributed by atoms with Gasteiger partial charge in [-0.2, -0.15) is 0 Å². The summed E-state index contributed by atoms with van der Waals surface area (Å²) in [4.78, 5) is 9.26. The van der Waals surface area contributed by atoms with E-state index in [0.29, 0.717) is 11.4 Å². The number of aliphatic imine (C=N–C) groups is 1. The molecule has 1 aliphatic rings. The fourth-order valence-corrected chi connectivity index (χ4v) is 3.52. The van der Waals surface area contributed by atoms with E-state index < -0.39 is 5.54 Å². The molecular weight excluding hydrogens is 322 g/mol. The van der Waals surface area contributed by atoms with Gasteiger partial charge in [-0.25, -0.2) is 4.98 Å². The summed E-state index contributed by atoms with van der Waals surface area (Å²) in [5, 5.41) is 10.4. The molecule has 2 heterocycles. The van der Waals surface area contributed by atoms with Gasteiger partial charge in [0.05, 0.1) is 11.9 Å². The first-order valence-corrected chi connectivity index (χ1v) is 8.18. The van der Waals surface area contributed by atoms with E-state index in [0.717, 1.165) is 22.6 Å². The molecule has 1 atom stereocenters. The van der Waals surface area contributed by atoms with E-state index in [1.807, 2.05) is 59.3 Å². The number of hydrogen-bond acceptors (Lipinski definition) is 3. The largest absolute Gasteiger partial charge is 0.396 e. The third-order valence-electron chi connectivity index (χ3n) is 4.46. The van der Waals surface area contributed by atoms with Crippen LogP contribution in [0.25, 0.3) is 5.69 Å². The number of fused-ring (bicyclic) bond motifs is 3. The van der Waals surface area contributed by atoms with E-state index in [9.17, 15) is 5.11 Å². The van der Waals surface area contributed by atoms with Crippen LogP contribution >= 0.6 is 11.6 Å². The van der Waals surface area contributed by atoms with Gasteiger partial charge in [0.25, 0.3) is 0 Å². The summed E-state index contributed by atoms with van der Waals surface area (Å²) in [6.07, 6.45) is 5.90. The van der Waals surface area contributed by atoms with Gasteiger partial charge < -0.3 is 5.11 Å². The maximum atomic E-state index is 9.77. The van der Waals surface area contributed by atoms with Gasteiger partial charge in [0, 0.05) is 36.0 Å². The third kappa shape index (κ3) is 2.27. The van der Waals surface area contributed by atoms with Gasteiger partial charge in [0.2, 0.25) is 0 Å². The summed E-state index contributed by atoms with van der Waals surface area (Å²) in [6.45, 7) is 0.0144. The zero-order chi connectivity index (χ0) is 16.6. The Morgan fingerprint density at radius 1 is 1.12 bits per heavy atom. The van der Waals surface area contributed by atoms with Crippen LogP contribution in [0.3, 0.4) is 0 Å². The third-order valence-corrected chi connectivity index (χ3v) is 4.69. The Hall–Kier alpha value is -2.43. The molecule has 1 aromatic heterocycles. The van der Waals surface area contributed by atoms with Crippen LogP contribution in [-0.2, 0) is 5.54 Å². The van der Waals surface area contributed by atoms with Crippen molar-refractivity contribution in [2.24, 2.45) is 4.99 Å². The molecule has 0 spiro atoms. The minimum absolute atomic E-state index is 0.0144. The minimum atomic E-state index is -0.697. The molecule has 1 unspecified atom stereocenters. The average Bonchev–Trinajstić information content (AvgIpc) is 3.03. The van der Waals surface area contributed by atoms with Crippen LogP contribution in [0.15, 0.2) is 65.9 Å². The van der Waals surface area contributed by atoms with Crippen LogP contribution < -0.4 is 0 Å². The normalized spacial score (nSPS) is 18.8. The van der Waals surface area contributed by atoms with Gasteiger partial charge in [-0.3, -0.25) is 9.56 Å². The molecule has 1 aliphatic heterocycles. The van der Waals surface area contributed by atoms with Crippen molar-refractivity contribution in [1.29, 1.82) is 0 Å². The van der Waals surface area contributed by atoms with Crippen LogP contribution in [0.1, 0.15) is 23.4 Å². The number of hydrogen-bond donors (Lipinski definition) is 1. The molecule has 0 amide bonds. The van der Waals surface area contributed by atoms with Crippen LogP contribution in [0.5, 0.6) is 0 Å². The van der Waals surface area contributed by atoms with Crippen LogP contribution in [0, 0.1) is 0 Å². The molecular formula is C19H16ClN3O. The van der Waals surface area contributed by atoms with Crippen molar-refractivity contribution in [1.82, 2.24) is 9.55 Å². The Bertz CT molecular complexity index is 904. The van der Waals surface area contributed by atoms with Crippen molar-refractivity contribution in [3.63, 3.8) is 0 Å². The Balaban J connectivity index is 2.07. The lowest BCUT2D eigenvalue weighted by molar-refractivity contribution is 0.256. The number of nitrogens with zero attached hydrogens (tertiary/aromatic N) is 3. The van der Waals surface area contributed by atoms with Crippen molar-refractivity contribution in [2.45, 2.75) is 12.0 Å². The molecule has 5 heteroatoms. The minimum Gasteiger partial charge on any atom is -0.396 e. The highest BCUT2D eigenvalue weighted by Crippen LogP contribution is 2.42. The Kier molecular flexibility index (Phi) is 3.71. The number of rotatable bonds is 3. The highest BCUT2D eigenvalue weighted by atomic mass is 35.5. The first-order valence-electron chi connectivity index (χ1n) is 7.80. The van der Waals surface area contributed by atoms with E-state index in [1.54, 1.807) is 12.4 Å². The number of aliphatic hydroxyl groups is 1. The summed E-state index contributed by atoms with van der Waals surface area (Å²) in [7, 11) is 0. The van der Waals surface area contributed by atoms with E-state index in [1.165, 1.54) is 0 Å². The first kappa shape index (κ1) is 15.1. The Morgan fingerprint density at radius 2 is 1.96 bits per heavy atom. The second-order valence-corrected chi connectivity index (χ2v) is 6.21. The summed E-state index contributed by atoms with van der Waals surface area (Å²) in [5.74, 6) is 0.759. The first-order chi connectivity index (χ1) is 11.7. The lowest BCUT2D eigenvalue weighted by Gasteiger charge is -2.31. The highest BCUT2D eigenvalue weighted by Gasteiger charge is 2.37. The average molecular weight is 338 g/mol. The van der Waals surface area contributed by atoms with Crippen molar-refractivity contribution >= 4 is 17.8 Å². The Morgan fingerprint density at radius 3 is 2.75 bits per heavy atom. The fraction of sp³-hybridized carbons (Fsp3) is 0.158. The maximum absolute atomic E-state index is 9.77. The SMILES string of the molecule is OCCC1(c2ccccc2)N=Cc2nccn2-c2ccc(Cl)cc21. The number of benzene rings is 2. The molecule has 1 N–H and O–H groups in total. The second-order valence-electron chi connectivity index (χ2n) is 5.78.